The van der Waals surface area contributed by atoms with Gasteiger partial charge in [-0.3, -0.25) is 0 Å². The zero-order valence-electron chi connectivity index (χ0n) is 16.9. The van der Waals surface area contributed by atoms with Crippen molar-refractivity contribution in [3.63, 3.8) is 0 Å². The average Bonchev–Trinajstić information content (AvgIpc) is 3.16. The third-order valence-electron chi connectivity index (χ3n) is 5.60. The summed E-state index contributed by atoms with van der Waals surface area (Å²) in [6.45, 7) is 8.32. The molecule has 29 heavy (non-hydrogen) atoms. The Bertz CT molecular complexity index is 1160. The second-order valence-corrected chi connectivity index (χ2v) is 8.63. The summed E-state index contributed by atoms with van der Waals surface area (Å²) in [5.41, 5.74) is 2.58. The van der Waals surface area contributed by atoms with E-state index in [1.54, 1.807) is 12.5 Å². The summed E-state index contributed by atoms with van der Waals surface area (Å²) in [7, 11) is 0. The molecule has 0 bridgehead atoms. The van der Waals surface area contributed by atoms with Crippen molar-refractivity contribution in [1.82, 2.24) is 34.8 Å². The monoisotopic (exact) mass is 388 g/mol. The Hall–Kier alpha value is -3.16. The van der Waals surface area contributed by atoms with Gasteiger partial charge < -0.3 is 4.90 Å². The van der Waals surface area contributed by atoms with Crippen LogP contribution in [0.4, 0.5) is 5.82 Å². The van der Waals surface area contributed by atoms with Crippen LogP contribution in [0.15, 0.2) is 36.8 Å². The van der Waals surface area contributed by atoms with Gasteiger partial charge in [0.25, 0.3) is 0 Å². The first kappa shape index (κ1) is 17.9. The second kappa shape index (κ2) is 6.72. The van der Waals surface area contributed by atoms with Crippen molar-refractivity contribution in [3.8, 4) is 0 Å². The van der Waals surface area contributed by atoms with Crippen LogP contribution in [0.5, 0.6) is 0 Å². The highest BCUT2D eigenvalue weighted by molar-refractivity contribution is 5.86. The number of aromatic nitrogens is 7. The molecule has 0 unspecified atom stereocenters. The van der Waals surface area contributed by atoms with Crippen molar-refractivity contribution in [3.05, 3.63) is 48.3 Å². The largest absolute Gasteiger partial charge is 0.356 e. The molecule has 148 valence electrons. The first-order valence-electron chi connectivity index (χ1n) is 10.0. The van der Waals surface area contributed by atoms with E-state index in [0.29, 0.717) is 5.92 Å². The molecule has 1 saturated heterocycles. The molecule has 1 fully saturated rings. The number of pyridine rings is 1. The first-order chi connectivity index (χ1) is 14.0. The number of fused-ring (bicyclic) bond motifs is 2. The van der Waals surface area contributed by atoms with E-state index in [0.717, 1.165) is 59.9 Å². The molecule has 0 radical (unpaired) electrons. The van der Waals surface area contributed by atoms with Crippen LogP contribution in [0, 0.1) is 0 Å². The molecular weight excluding hydrogens is 364 g/mol. The average molecular weight is 388 g/mol. The Balaban J connectivity index is 1.41. The molecule has 8 nitrogen and oxygen atoms in total. The fourth-order valence-corrected chi connectivity index (χ4v) is 3.94. The van der Waals surface area contributed by atoms with Gasteiger partial charge in [0, 0.05) is 30.6 Å². The smallest absolute Gasteiger partial charge is 0.177 e. The highest BCUT2D eigenvalue weighted by Crippen LogP contribution is 2.31. The molecule has 5 rings (SSSR count). The Morgan fingerprint density at radius 1 is 0.966 bits per heavy atom. The Kier molecular flexibility index (Phi) is 4.15. The SMILES string of the molecule is CC(C)(C)c1ccc2nnc(C3CCN(c4ncnc5ncccc45)CC3)n2n1. The number of hydrogen-bond acceptors (Lipinski definition) is 7. The van der Waals surface area contributed by atoms with Gasteiger partial charge in [0.1, 0.15) is 12.1 Å². The minimum absolute atomic E-state index is 0.0127. The summed E-state index contributed by atoms with van der Waals surface area (Å²) < 4.78 is 1.94. The zero-order chi connectivity index (χ0) is 20.0. The molecule has 0 aliphatic carbocycles. The molecular formula is C21H24N8. The van der Waals surface area contributed by atoms with Gasteiger partial charge in [-0.25, -0.2) is 15.0 Å². The first-order valence-corrected chi connectivity index (χ1v) is 10.0. The molecule has 1 aliphatic heterocycles. The third kappa shape index (κ3) is 3.18. The van der Waals surface area contributed by atoms with Crippen molar-refractivity contribution in [2.24, 2.45) is 0 Å². The summed E-state index contributed by atoms with van der Waals surface area (Å²) in [5.74, 6) is 2.25. The lowest BCUT2D eigenvalue weighted by Crippen LogP contribution is -2.34. The molecule has 4 aromatic heterocycles. The number of rotatable bonds is 2. The lowest BCUT2D eigenvalue weighted by molar-refractivity contribution is 0.471. The van der Waals surface area contributed by atoms with Crippen LogP contribution in [0.1, 0.15) is 51.0 Å². The summed E-state index contributed by atoms with van der Waals surface area (Å²) >= 11 is 0. The summed E-state index contributed by atoms with van der Waals surface area (Å²) in [4.78, 5) is 15.5. The zero-order valence-corrected chi connectivity index (χ0v) is 16.9. The van der Waals surface area contributed by atoms with Gasteiger partial charge in [-0.05, 0) is 37.1 Å². The molecule has 0 spiro atoms. The molecule has 0 atom stereocenters. The van der Waals surface area contributed by atoms with Crippen LogP contribution in [0.2, 0.25) is 0 Å². The van der Waals surface area contributed by atoms with Gasteiger partial charge in [-0.15, -0.1) is 10.2 Å². The second-order valence-electron chi connectivity index (χ2n) is 8.63. The van der Waals surface area contributed by atoms with E-state index >= 15 is 0 Å². The van der Waals surface area contributed by atoms with Gasteiger partial charge in [-0.2, -0.15) is 9.61 Å². The quantitative estimate of drug-likeness (QED) is 0.521. The Morgan fingerprint density at radius 3 is 2.59 bits per heavy atom. The van der Waals surface area contributed by atoms with Gasteiger partial charge in [0.2, 0.25) is 0 Å². The molecule has 4 aromatic rings. The Morgan fingerprint density at radius 2 is 1.79 bits per heavy atom. The van der Waals surface area contributed by atoms with Gasteiger partial charge in [0.05, 0.1) is 11.1 Å². The van der Waals surface area contributed by atoms with E-state index < -0.39 is 0 Å². The Labute approximate surface area is 169 Å². The van der Waals surface area contributed by atoms with E-state index in [2.05, 4.69) is 50.8 Å². The van der Waals surface area contributed by atoms with Gasteiger partial charge >= 0.3 is 0 Å². The van der Waals surface area contributed by atoms with E-state index in [-0.39, 0.29) is 5.41 Å². The maximum Gasteiger partial charge on any atom is 0.177 e. The number of anilines is 1. The summed E-state index contributed by atoms with van der Waals surface area (Å²) in [6, 6.07) is 8.03. The molecule has 5 heterocycles. The van der Waals surface area contributed by atoms with E-state index in [4.69, 9.17) is 5.10 Å². The number of nitrogens with zero attached hydrogens (tertiary/aromatic N) is 8. The molecule has 0 saturated carbocycles. The predicted octanol–water partition coefficient (Wildman–Crippen LogP) is 3.14. The molecule has 0 aromatic carbocycles. The predicted molar refractivity (Wildman–Crippen MR) is 111 cm³/mol. The molecule has 0 amide bonds. The van der Waals surface area contributed by atoms with Gasteiger partial charge in [-0.1, -0.05) is 20.8 Å². The van der Waals surface area contributed by atoms with Gasteiger partial charge in [0.15, 0.2) is 17.1 Å². The number of hydrogen-bond donors (Lipinski definition) is 0. The van der Waals surface area contributed by atoms with Crippen molar-refractivity contribution < 1.29 is 0 Å². The summed E-state index contributed by atoms with van der Waals surface area (Å²) in [5, 5.41) is 14.7. The van der Waals surface area contributed by atoms with Crippen molar-refractivity contribution >= 4 is 22.5 Å². The van der Waals surface area contributed by atoms with E-state index in [1.165, 1.54) is 0 Å². The standard InChI is InChI=1S/C21H24N8/c1-21(2,3)16-6-7-17-25-26-19(29(17)27-16)14-8-11-28(12-9-14)20-15-5-4-10-22-18(15)23-13-24-20/h4-7,10,13-14H,8-9,11-12H2,1-3H3. The normalized spacial score (nSPS) is 16.0. The minimum atomic E-state index is -0.0127. The van der Waals surface area contributed by atoms with Crippen LogP contribution < -0.4 is 4.90 Å². The lowest BCUT2D eigenvalue weighted by atomic mass is 9.92. The highest BCUT2D eigenvalue weighted by Gasteiger charge is 2.27. The van der Waals surface area contributed by atoms with E-state index in [1.807, 2.05) is 28.8 Å². The molecule has 1 aliphatic rings. The fraction of sp³-hybridized carbons (Fsp3) is 0.429. The van der Waals surface area contributed by atoms with Crippen molar-refractivity contribution in [1.29, 1.82) is 0 Å². The number of piperidine rings is 1. The summed E-state index contributed by atoms with van der Waals surface area (Å²) in [6.07, 6.45) is 5.32. The van der Waals surface area contributed by atoms with Crippen LogP contribution in [-0.4, -0.2) is 47.9 Å². The fourth-order valence-electron chi connectivity index (χ4n) is 3.94. The van der Waals surface area contributed by atoms with Crippen LogP contribution in [0.25, 0.3) is 16.7 Å². The topological polar surface area (TPSA) is 85.0 Å². The van der Waals surface area contributed by atoms with Crippen molar-refractivity contribution in [2.45, 2.75) is 44.9 Å². The van der Waals surface area contributed by atoms with Crippen LogP contribution in [-0.2, 0) is 5.41 Å². The maximum atomic E-state index is 4.85. The van der Waals surface area contributed by atoms with E-state index in [9.17, 15) is 0 Å². The van der Waals surface area contributed by atoms with Crippen molar-refractivity contribution in [2.75, 3.05) is 18.0 Å². The molecule has 0 N–H and O–H groups in total. The highest BCUT2D eigenvalue weighted by atomic mass is 15.4. The third-order valence-corrected chi connectivity index (χ3v) is 5.60. The lowest BCUT2D eigenvalue weighted by Gasteiger charge is -2.32. The maximum absolute atomic E-state index is 4.85. The van der Waals surface area contributed by atoms with Crippen LogP contribution >= 0.6 is 0 Å². The molecule has 8 heteroatoms. The minimum Gasteiger partial charge on any atom is -0.356 e. The van der Waals surface area contributed by atoms with Crippen LogP contribution in [0.3, 0.4) is 0 Å².